The van der Waals surface area contributed by atoms with Crippen molar-refractivity contribution < 1.29 is 0 Å². The maximum Gasteiger partial charge on any atom is 0.0698 e. The van der Waals surface area contributed by atoms with Crippen LogP contribution in [0, 0.1) is 11.8 Å². The minimum Gasteiger partial charge on any atom is -0.311 e. The average Bonchev–Trinajstić information content (AvgIpc) is 3.15. The molecule has 19 heavy (non-hydrogen) atoms. The highest BCUT2D eigenvalue weighted by Crippen LogP contribution is 2.43. The molecule has 0 bridgehead atoms. The SMILES string of the molecule is CNC(c1c(Br)cnn1CCN(C)C)C(C)C1CC1. The molecule has 1 aliphatic rings. The number of likely N-dealkylation sites (N-methyl/N-ethyl adjacent to an activating group) is 1. The number of hydrogen-bond acceptors (Lipinski definition) is 3. The van der Waals surface area contributed by atoms with E-state index in [0.29, 0.717) is 12.0 Å². The molecular weight excluding hydrogens is 304 g/mol. The Morgan fingerprint density at radius 1 is 1.53 bits per heavy atom. The van der Waals surface area contributed by atoms with Crippen LogP contribution in [-0.4, -0.2) is 42.4 Å². The van der Waals surface area contributed by atoms with Crippen molar-refractivity contribution in [1.82, 2.24) is 20.0 Å². The van der Waals surface area contributed by atoms with Gasteiger partial charge in [0.1, 0.15) is 0 Å². The molecule has 1 aromatic heterocycles. The normalized spacial score (nSPS) is 18.8. The van der Waals surface area contributed by atoms with Crippen LogP contribution in [0.3, 0.4) is 0 Å². The van der Waals surface area contributed by atoms with Gasteiger partial charge in [0, 0.05) is 6.54 Å². The standard InChI is InChI=1S/C14H25BrN4/c1-10(11-5-6-11)13(16-2)14-12(15)9-17-19(14)8-7-18(3)4/h9-11,13,16H,5-8H2,1-4H3. The summed E-state index contributed by atoms with van der Waals surface area (Å²) in [6, 6.07) is 0.381. The lowest BCUT2D eigenvalue weighted by Gasteiger charge is -2.25. The molecule has 4 nitrogen and oxygen atoms in total. The molecule has 5 heteroatoms. The van der Waals surface area contributed by atoms with Crippen molar-refractivity contribution in [3.63, 3.8) is 0 Å². The van der Waals surface area contributed by atoms with Crippen LogP contribution in [0.15, 0.2) is 10.7 Å². The molecule has 108 valence electrons. The summed E-state index contributed by atoms with van der Waals surface area (Å²) in [5.74, 6) is 1.54. The van der Waals surface area contributed by atoms with E-state index in [1.807, 2.05) is 6.20 Å². The fourth-order valence-electron chi connectivity index (χ4n) is 2.70. The van der Waals surface area contributed by atoms with Crippen LogP contribution in [0.2, 0.25) is 0 Å². The zero-order chi connectivity index (χ0) is 14.0. The van der Waals surface area contributed by atoms with E-state index in [0.717, 1.165) is 23.5 Å². The Morgan fingerprint density at radius 2 is 2.21 bits per heavy atom. The summed E-state index contributed by atoms with van der Waals surface area (Å²) in [7, 11) is 6.25. The minimum absolute atomic E-state index is 0.381. The lowest BCUT2D eigenvalue weighted by molar-refractivity contribution is 0.327. The smallest absolute Gasteiger partial charge is 0.0698 e. The summed E-state index contributed by atoms with van der Waals surface area (Å²) in [6.45, 7) is 4.30. The fourth-order valence-corrected chi connectivity index (χ4v) is 3.24. The molecule has 1 N–H and O–H groups in total. The van der Waals surface area contributed by atoms with Crippen LogP contribution < -0.4 is 5.32 Å². The van der Waals surface area contributed by atoms with Crippen molar-refractivity contribution in [2.75, 3.05) is 27.7 Å². The van der Waals surface area contributed by atoms with E-state index >= 15 is 0 Å². The van der Waals surface area contributed by atoms with Crippen molar-refractivity contribution in [3.05, 3.63) is 16.4 Å². The summed E-state index contributed by atoms with van der Waals surface area (Å²) in [5.41, 5.74) is 1.30. The van der Waals surface area contributed by atoms with Gasteiger partial charge >= 0.3 is 0 Å². The largest absolute Gasteiger partial charge is 0.311 e. The van der Waals surface area contributed by atoms with Crippen LogP contribution in [0.25, 0.3) is 0 Å². The Hall–Kier alpha value is -0.390. The van der Waals surface area contributed by atoms with Crippen LogP contribution in [0.1, 0.15) is 31.5 Å². The predicted molar refractivity (Wildman–Crippen MR) is 82.2 cm³/mol. The van der Waals surface area contributed by atoms with Gasteiger partial charge in [-0.25, -0.2) is 0 Å². The molecule has 1 heterocycles. The number of rotatable bonds is 7. The number of nitrogens with one attached hydrogen (secondary N) is 1. The molecule has 0 amide bonds. The summed E-state index contributed by atoms with van der Waals surface area (Å²) in [4.78, 5) is 2.19. The van der Waals surface area contributed by atoms with Crippen molar-refractivity contribution in [2.24, 2.45) is 11.8 Å². The van der Waals surface area contributed by atoms with Crippen LogP contribution in [0.5, 0.6) is 0 Å². The van der Waals surface area contributed by atoms with Crippen LogP contribution >= 0.6 is 15.9 Å². The Bertz CT molecular complexity index is 412. The molecule has 2 rings (SSSR count). The summed E-state index contributed by atoms with van der Waals surface area (Å²) in [6.07, 6.45) is 4.68. The van der Waals surface area contributed by atoms with E-state index < -0.39 is 0 Å². The molecule has 0 aromatic carbocycles. The third kappa shape index (κ3) is 3.58. The zero-order valence-electron chi connectivity index (χ0n) is 12.4. The quantitative estimate of drug-likeness (QED) is 0.834. The van der Waals surface area contributed by atoms with Crippen LogP contribution in [-0.2, 0) is 6.54 Å². The topological polar surface area (TPSA) is 33.1 Å². The Balaban J connectivity index is 2.17. The van der Waals surface area contributed by atoms with Crippen molar-refractivity contribution in [1.29, 1.82) is 0 Å². The number of nitrogens with zero attached hydrogens (tertiary/aromatic N) is 3. The second-order valence-corrected chi connectivity index (χ2v) is 6.72. The molecule has 0 saturated heterocycles. The number of halogens is 1. The van der Waals surface area contributed by atoms with Gasteiger partial charge in [0.25, 0.3) is 0 Å². The zero-order valence-corrected chi connectivity index (χ0v) is 13.9. The first-order valence-electron chi connectivity index (χ1n) is 7.07. The van der Waals surface area contributed by atoms with E-state index in [2.05, 4.69) is 64.0 Å². The lowest BCUT2D eigenvalue weighted by Crippen LogP contribution is -2.29. The number of aromatic nitrogens is 2. The van der Waals surface area contributed by atoms with Gasteiger partial charge in [0.15, 0.2) is 0 Å². The molecule has 1 aliphatic carbocycles. The Morgan fingerprint density at radius 3 is 2.74 bits per heavy atom. The van der Waals surface area contributed by atoms with E-state index in [9.17, 15) is 0 Å². The monoisotopic (exact) mass is 328 g/mol. The lowest BCUT2D eigenvalue weighted by atomic mass is 9.94. The van der Waals surface area contributed by atoms with Gasteiger partial charge in [-0.3, -0.25) is 4.68 Å². The Labute approximate surface area is 124 Å². The van der Waals surface area contributed by atoms with Crippen molar-refractivity contribution in [3.8, 4) is 0 Å². The number of hydrogen-bond donors (Lipinski definition) is 1. The molecule has 0 spiro atoms. The van der Waals surface area contributed by atoms with E-state index in [4.69, 9.17) is 0 Å². The first-order valence-corrected chi connectivity index (χ1v) is 7.87. The molecule has 1 aromatic rings. The Kier molecular flexibility index (Phi) is 5.03. The molecule has 1 saturated carbocycles. The fraction of sp³-hybridized carbons (Fsp3) is 0.786. The second kappa shape index (κ2) is 6.37. The third-order valence-electron chi connectivity index (χ3n) is 4.09. The highest BCUT2D eigenvalue weighted by molar-refractivity contribution is 9.10. The maximum absolute atomic E-state index is 4.52. The van der Waals surface area contributed by atoms with E-state index in [-0.39, 0.29) is 0 Å². The van der Waals surface area contributed by atoms with Crippen LogP contribution in [0.4, 0.5) is 0 Å². The van der Waals surface area contributed by atoms with Crippen molar-refractivity contribution in [2.45, 2.75) is 32.4 Å². The van der Waals surface area contributed by atoms with Gasteiger partial charge in [-0.05, 0) is 61.8 Å². The highest BCUT2D eigenvalue weighted by Gasteiger charge is 2.35. The van der Waals surface area contributed by atoms with Gasteiger partial charge < -0.3 is 10.2 Å². The first kappa shape index (κ1) is 15.0. The molecule has 1 fully saturated rings. The molecule has 0 aliphatic heterocycles. The highest BCUT2D eigenvalue weighted by atomic mass is 79.9. The van der Waals surface area contributed by atoms with Gasteiger partial charge in [0.2, 0.25) is 0 Å². The molecular formula is C14H25BrN4. The van der Waals surface area contributed by atoms with Crippen molar-refractivity contribution >= 4 is 15.9 Å². The average molecular weight is 329 g/mol. The van der Waals surface area contributed by atoms with E-state index in [1.165, 1.54) is 18.5 Å². The molecule has 0 radical (unpaired) electrons. The predicted octanol–water partition coefficient (Wildman–Crippen LogP) is 2.51. The maximum atomic E-state index is 4.52. The third-order valence-corrected chi connectivity index (χ3v) is 4.70. The van der Waals surface area contributed by atoms with Gasteiger partial charge in [-0.15, -0.1) is 0 Å². The first-order chi connectivity index (χ1) is 9.04. The minimum atomic E-state index is 0.381. The van der Waals surface area contributed by atoms with Gasteiger partial charge in [-0.2, -0.15) is 5.10 Å². The van der Waals surface area contributed by atoms with Gasteiger partial charge in [0.05, 0.1) is 29.0 Å². The summed E-state index contributed by atoms with van der Waals surface area (Å²) in [5, 5.41) is 8.01. The molecule has 2 atom stereocenters. The van der Waals surface area contributed by atoms with Gasteiger partial charge in [-0.1, -0.05) is 6.92 Å². The summed E-state index contributed by atoms with van der Waals surface area (Å²) < 4.78 is 3.27. The molecule has 2 unspecified atom stereocenters. The second-order valence-electron chi connectivity index (χ2n) is 5.87. The summed E-state index contributed by atoms with van der Waals surface area (Å²) >= 11 is 3.67. The van der Waals surface area contributed by atoms with E-state index in [1.54, 1.807) is 0 Å².